The zero-order valence-electron chi connectivity index (χ0n) is 19.7. The van der Waals surface area contributed by atoms with E-state index in [1.54, 1.807) is 7.11 Å². The van der Waals surface area contributed by atoms with E-state index in [1.165, 1.54) is 0 Å². The molecular formula is C28H28N4O3. The molecule has 0 radical (unpaired) electrons. The molecule has 5 rings (SSSR count). The van der Waals surface area contributed by atoms with Crippen molar-refractivity contribution in [2.45, 2.75) is 6.54 Å². The van der Waals surface area contributed by atoms with Crippen LogP contribution in [0.4, 0.5) is 11.4 Å². The van der Waals surface area contributed by atoms with Crippen LogP contribution in [0.3, 0.4) is 0 Å². The second-order valence-corrected chi connectivity index (χ2v) is 8.37. The number of benzene rings is 3. The summed E-state index contributed by atoms with van der Waals surface area (Å²) in [5.41, 5.74) is 4.88. The lowest BCUT2D eigenvalue weighted by atomic mass is 10.1. The minimum atomic E-state index is -0.198. The summed E-state index contributed by atoms with van der Waals surface area (Å²) in [6, 6.07) is 25.6. The van der Waals surface area contributed by atoms with Crippen LogP contribution in [0.25, 0.3) is 11.3 Å². The summed E-state index contributed by atoms with van der Waals surface area (Å²) in [4.78, 5) is 15.8. The van der Waals surface area contributed by atoms with Crippen LogP contribution in [0, 0.1) is 0 Å². The van der Waals surface area contributed by atoms with Gasteiger partial charge in [0, 0.05) is 24.8 Å². The van der Waals surface area contributed by atoms with Crippen molar-refractivity contribution in [3.63, 3.8) is 0 Å². The number of para-hydroxylation sites is 2. The number of ether oxygens (including phenoxy) is 2. The van der Waals surface area contributed by atoms with Crippen molar-refractivity contribution in [1.29, 1.82) is 0 Å². The molecule has 1 aromatic heterocycles. The Balaban J connectivity index is 1.47. The van der Waals surface area contributed by atoms with Gasteiger partial charge in [0.1, 0.15) is 11.4 Å². The first kappa shape index (κ1) is 22.7. The van der Waals surface area contributed by atoms with E-state index >= 15 is 0 Å². The van der Waals surface area contributed by atoms with Crippen molar-refractivity contribution in [2.24, 2.45) is 0 Å². The fraction of sp³-hybridized carbons (Fsp3) is 0.214. The summed E-state index contributed by atoms with van der Waals surface area (Å²) in [5.74, 6) is 0.554. The molecule has 0 bridgehead atoms. The highest BCUT2D eigenvalue weighted by molar-refractivity contribution is 6.09. The number of amides is 1. The molecule has 0 spiro atoms. The number of nitrogens with one attached hydrogen (secondary N) is 1. The molecular weight excluding hydrogens is 440 g/mol. The van der Waals surface area contributed by atoms with Crippen LogP contribution in [-0.2, 0) is 11.3 Å². The summed E-state index contributed by atoms with van der Waals surface area (Å²) in [6.45, 7) is 3.51. The number of carbonyl (C=O) groups is 1. The standard InChI is InChI=1S/C28H28N4O3/c1-34-23-13-11-22(12-14-23)27-24(20-32(30-27)19-21-7-3-2-4-8-21)28(33)29-25-9-5-6-10-26(25)31-15-17-35-18-16-31/h2-14,20H,15-19H2,1H3,(H,29,33). The Bertz CT molecular complexity index is 1280. The fourth-order valence-corrected chi connectivity index (χ4v) is 4.25. The first-order valence-corrected chi connectivity index (χ1v) is 11.7. The normalized spacial score (nSPS) is 13.5. The molecule has 0 unspecified atom stereocenters. The second kappa shape index (κ2) is 10.4. The van der Waals surface area contributed by atoms with Gasteiger partial charge in [-0.2, -0.15) is 5.10 Å². The van der Waals surface area contributed by atoms with Crippen molar-refractivity contribution in [2.75, 3.05) is 43.6 Å². The zero-order chi connectivity index (χ0) is 24.0. The third-order valence-electron chi connectivity index (χ3n) is 6.06. The van der Waals surface area contributed by atoms with Crippen molar-refractivity contribution >= 4 is 17.3 Å². The lowest BCUT2D eigenvalue weighted by molar-refractivity contribution is 0.102. The molecule has 1 aliphatic rings. The Morgan fingerprint density at radius 1 is 0.971 bits per heavy atom. The number of aromatic nitrogens is 2. The summed E-state index contributed by atoms with van der Waals surface area (Å²) in [7, 11) is 1.63. The van der Waals surface area contributed by atoms with Gasteiger partial charge in [0.25, 0.3) is 5.91 Å². The molecule has 1 saturated heterocycles. The molecule has 3 aromatic carbocycles. The number of nitrogens with zero attached hydrogens (tertiary/aromatic N) is 3. The van der Waals surface area contributed by atoms with Crippen molar-refractivity contribution < 1.29 is 14.3 Å². The number of rotatable bonds is 7. The number of hydrogen-bond acceptors (Lipinski definition) is 5. The Kier molecular flexibility index (Phi) is 6.77. The molecule has 178 valence electrons. The van der Waals surface area contributed by atoms with Gasteiger partial charge in [0.15, 0.2) is 0 Å². The van der Waals surface area contributed by atoms with Gasteiger partial charge in [0.05, 0.1) is 43.8 Å². The maximum atomic E-state index is 13.6. The van der Waals surface area contributed by atoms with Crippen LogP contribution in [0.5, 0.6) is 5.75 Å². The Labute approximate surface area is 204 Å². The number of morpholine rings is 1. The molecule has 1 fully saturated rings. The molecule has 1 amide bonds. The molecule has 1 N–H and O–H groups in total. The van der Waals surface area contributed by atoms with Crippen LogP contribution < -0.4 is 15.0 Å². The lowest BCUT2D eigenvalue weighted by Crippen LogP contribution is -2.36. The van der Waals surface area contributed by atoms with Gasteiger partial charge in [-0.15, -0.1) is 0 Å². The topological polar surface area (TPSA) is 68.6 Å². The van der Waals surface area contributed by atoms with Crippen molar-refractivity contribution in [3.05, 3.63) is 96.2 Å². The van der Waals surface area contributed by atoms with Gasteiger partial charge < -0.3 is 19.7 Å². The zero-order valence-corrected chi connectivity index (χ0v) is 19.7. The van der Waals surface area contributed by atoms with Crippen molar-refractivity contribution in [3.8, 4) is 17.0 Å². The second-order valence-electron chi connectivity index (χ2n) is 8.37. The summed E-state index contributed by atoms with van der Waals surface area (Å²) >= 11 is 0. The van der Waals surface area contributed by atoms with Gasteiger partial charge in [-0.1, -0.05) is 42.5 Å². The van der Waals surface area contributed by atoms with E-state index in [0.717, 1.165) is 41.3 Å². The quantitative estimate of drug-likeness (QED) is 0.426. The Morgan fingerprint density at radius 2 is 1.69 bits per heavy atom. The SMILES string of the molecule is COc1ccc(-c2nn(Cc3ccccc3)cc2C(=O)Nc2ccccc2N2CCOCC2)cc1. The first-order valence-electron chi connectivity index (χ1n) is 11.7. The van der Waals surface area contributed by atoms with Gasteiger partial charge in [0.2, 0.25) is 0 Å². The Morgan fingerprint density at radius 3 is 2.43 bits per heavy atom. The number of methoxy groups -OCH3 is 1. The highest BCUT2D eigenvalue weighted by Gasteiger charge is 2.21. The average molecular weight is 469 g/mol. The minimum absolute atomic E-state index is 0.198. The molecule has 7 nitrogen and oxygen atoms in total. The largest absolute Gasteiger partial charge is 0.497 e. The van der Waals surface area contributed by atoms with E-state index in [4.69, 9.17) is 14.6 Å². The molecule has 0 aliphatic carbocycles. The molecule has 2 heterocycles. The minimum Gasteiger partial charge on any atom is -0.497 e. The van der Waals surface area contributed by atoms with Crippen LogP contribution in [-0.4, -0.2) is 49.1 Å². The number of hydrogen-bond donors (Lipinski definition) is 1. The summed E-state index contributed by atoms with van der Waals surface area (Å²) < 4.78 is 12.6. The maximum absolute atomic E-state index is 13.6. The third kappa shape index (κ3) is 5.20. The molecule has 7 heteroatoms. The lowest BCUT2D eigenvalue weighted by Gasteiger charge is -2.30. The molecule has 35 heavy (non-hydrogen) atoms. The van der Waals surface area contributed by atoms with E-state index in [2.05, 4.69) is 10.2 Å². The Hall–Kier alpha value is -4.10. The van der Waals surface area contributed by atoms with E-state index in [1.807, 2.05) is 89.7 Å². The average Bonchev–Trinajstić information content (AvgIpc) is 3.34. The van der Waals surface area contributed by atoms with Gasteiger partial charge in [-0.05, 0) is 42.0 Å². The maximum Gasteiger partial charge on any atom is 0.259 e. The summed E-state index contributed by atoms with van der Waals surface area (Å²) in [5, 5.41) is 7.93. The monoisotopic (exact) mass is 468 g/mol. The van der Waals surface area contributed by atoms with E-state index in [-0.39, 0.29) is 5.91 Å². The predicted molar refractivity (Wildman–Crippen MR) is 137 cm³/mol. The predicted octanol–water partition coefficient (Wildman–Crippen LogP) is 4.70. The highest BCUT2D eigenvalue weighted by atomic mass is 16.5. The van der Waals surface area contributed by atoms with E-state index < -0.39 is 0 Å². The summed E-state index contributed by atoms with van der Waals surface area (Å²) in [6.07, 6.45) is 1.82. The first-order chi connectivity index (χ1) is 17.2. The van der Waals surface area contributed by atoms with Gasteiger partial charge >= 0.3 is 0 Å². The van der Waals surface area contributed by atoms with Crippen LogP contribution in [0.1, 0.15) is 15.9 Å². The fourth-order valence-electron chi connectivity index (χ4n) is 4.25. The highest BCUT2D eigenvalue weighted by Crippen LogP contribution is 2.29. The molecule has 0 atom stereocenters. The molecule has 1 aliphatic heterocycles. The van der Waals surface area contributed by atoms with Crippen molar-refractivity contribution in [1.82, 2.24) is 9.78 Å². The van der Waals surface area contributed by atoms with Gasteiger partial charge in [-0.25, -0.2) is 0 Å². The van der Waals surface area contributed by atoms with Crippen LogP contribution >= 0.6 is 0 Å². The number of carbonyl (C=O) groups excluding carboxylic acids is 1. The smallest absolute Gasteiger partial charge is 0.259 e. The van der Waals surface area contributed by atoms with E-state index in [9.17, 15) is 4.79 Å². The molecule has 4 aromatic rings. The molecule has 0 saturated carbocycles. The van der Waals surface area contributed by atoms with Gasteiger partial charge in [-0.3, -0.25) is 9.48 Å². The van der Waals surface area contributed by atoms with Crippen LogP contribution in [0.15, 0.2) is 85.1 Å². The van der Waals surface area contributed by atoms with Crippen LogP contribution in [0.2, 0.25) is 0 Å². The third-order valence-corrected chi connectivity index (χ3v) is 6.06. The van der Waals surface area contributed by atoms with E-state index in [0.29, 0.717) is 31.0 Å². The number of anilines is 2.